The number of non-ortho nitro benzene ring substituents is 4. The topological polar surface area (TPSA) is 314 Å². The first-order valence-electron chi connectivity index (χ1n) is 16.0. The maximum atomic E-state index is 12.6. The van der Waals surface area contributed by atoms with Gasteiger partial charge in [-0.1, -0.05) is 24.3 Å². The molecule has 0 unspecified atom stereocenters. The number of hydrogen-bond acceptors (Lipinski definition) is 15. The van der Waals surface area contributed by atoms with Crippen LogP contribution in [0.3, 0.4) is 0 Å². The Kier molecular flexibility index (Phi) is 13.8. The SMILES string of the molecule is CC(=NNC(=O)CSCC(=O)NN=C(C)c1ccc(NC(=O)c2cc([N+](=O)[O-])cc([N+](=O)[O-])c2)cc1)c1ccc(NC(=O)c2cc([N+](=O)[O-])cc([N+](=O)[O-])c2)cc1. The normalized spacial score (nSPS) is 11.2. The van der Waals surface area contributed by atoms with Crippen LogP contribution in [0.4, 0.5) is 34.1 Å². The molecule has 0 aliphatic heterocycles. The summed E-state index contributed by atoms with van der Waals surface area (Å²) in [5.74, 6) is -2.86. The third-order valence-electron chi connectivity index (χ3n) is 7.46. The van der Waals surface area contributed by atoms with E-state index in [4.69, 9.17) is 0 Å². The zero-order chi connectivity index (χ0) is 41.8. The summed E-state index contributed by atoms with van der Waals surface area (Å²) in [6.45, 7) is 3.22. The molecule has 4 rings (SSSR count). The van der Waals surface area contributed by atoms with E-state index in [1.807, 2.05) is 0 Å². The molecule has 0 saturated carbocycles. The van der Waals surface area contributed by atoms with Crippen LogP contribution in [0.2, 0.25) is 0 Å². The Morgan fingerprint density at radius 1 is 0.509 bits per heavy atom. The lowest BCUT2D eigenvalue weighted by Gasteiger charge is -2.08. The van der Waals surface area contributed by atoms with Crippen LogP contribution in [-0.4, -0.2) is 66.3 Å². The fourth-order valence-corrected chi connectivity index (χ4v) is 5.19. The second-order valence-electron chi connectivity index (χ2n) is 11.5. The van der Waals surface area contributed by atoms with Gasteiger partial charge in [-0.2, -0.15) is 10.2 Å². The van der Waals surface area contributed by atoms with Crippen molar-refractivity contribution in [1.29, 1.82) is 0 Å². The quantitative estimate of drug-likeness (QED) is 0.0664. The highest BCUT2D eigenvalue weighted by atomic mass is 32.2. The molecule has 0 heterocycles. The molecule has 0 aliphatic rings. The summed E-state index contributed by atoms with van der Waals surface area (Å²) in [5.41, 5.74) is 4.21. The monoisotopic (exact) mass is 800 g/mol. The molecule has 23 heteroatoms. The minimum absolute atomic E-state index is 0.121. The van der Waals surface area contributed by atoms with E-state index in [2.05, 4.69) is 31.7 Å². The number of nitrogens with one attached hydrogen (secondary N) is 4. The van der Waals surface area contributed by atoms with Gasteiger partial charge in [0.1, 0.15) is 0 Å². The Hall–Kier alpha value is -7.95. The highest BCUT2D eigenvalue weighted by Crippen LogP contribution is 2.25. The van der Waals surface area contributed by atoms with Gasteiger partial charge in [-0.15, -0.1) is 11.8 Å². The zero-order valence-electron chi connectivity index (χ0n) is 29.5. The molecule has 0 bridgehead atoms. The predicted molar refractivity (Wildman–Crippen MR) is 206 cm³/mol. The minimum Gasteiger partial charge on any atom is -0.322 e. The van der Waals surface area contributed by atoms with Crippen molar-refractivity contribution < 1.29 is 38.9 Å². The number of hydrogen-bond donors (Lipinski definition) is 4. The standard InChI is InChI=1S/C34H28N10O12S/c1-19(21-3-7-25(8-4-21)35-33(47)23-11-27(41(49)50)15-28(12-23)42(51)52)37-39-31(45)17-57-18-32(46)40-38-20(2)22-5-9-26(10-6-22)36-34(48)24-13-29(43(53)54)16-30(14-24)44(55)56/h3-16H,17-18H2,1-2H3,(H,35,47)(H,36,48)(H,39,45)(H,40,46). The number of hydrazone groups is 2. The molecule has 57 heavy (non-hydrogen) atoms. The van der Waals surface area contributed by atoms with Crippen molar-refractivity contribution in [3.05, 3.63) is 148 Å². The van der Waals surface area contributed by atoms with Crippen LogP contribution in [0.15, 0.2) is 95.1 Å². The molecule has 0 spiro atoms. The summed E-state index contributed by atoms with van der Waals surface area (Å²) < 4.78 is 0. The predicted octanol–water partition coefficient (Wildman–Crippen LogP) is 4.94. The van der Waals surface area contributed by atoms with Gasteiger partial charge in [0.05, 0.1) is 65.9 Å². The van der Waals surface area contributed by atoms with Crippen molar-refractivity contribution in [2.24, 2.45) is 10.2 Å². The lowest BCUT2D eigenvalue weighted by molar-refractivity contribution is -0.394. The number of amides is 4. The maximum absolute atomic E-state index is 12.6. The minimum atomic E-state index is -0.845. The molecule has 4 amide bonds. The number of benzene rings is 4. The third-order valence-corrected chi connectivity index (χ3v) is 8.39. The first kappa shape index (κ1) is 41.8. The summed E-state index contributed by atoms with van der Waals surface area (Å²) in [7, 11) is 0. The van der Waals surface area contributed by atoms with E-state index in [0.717, 1.165) is 48.2 Å². The number of anilines is 2. The van der Waals surface area contributed by atoms with Crippen LogP contribution in [0.5, 0.6) is 0 Å². The Bertz CT molecular complexity index is 2120. The molecule has 292 valence electrons. The Morgan fingerprint density at radius 3 is 1.09 bits per heavy atom. The van der Waals surface area contributed by atoms with Gasteiger partial charge in [0.25, 0.3) is 34.6 Å². The van der Waals surface area contributed by atoms with Crippen molar-refractivity contribution in [2.75, 3.05) is 22.1 Å². The van der Waals surface area contributed by atoms with Crippen LogP contribution < -0.4 is 21.5 Å². The third kappa shape index (κ3) is 12.0. The number of nitro benzene ring substituents is 4. The van der Waals surface area contributed by atoms with Gasteiger partial charge in [-0.3, -0.25) is 59.6 Å². The van der Waals surface area contributed by atoms with E-state index in [9.17, 15) is 59.6 Å². The summed E-state index contributed by atoms with van der Waals surface area (Å²) in [6.07, 6.45) is 0. The van der Waals surface area contributed by atoms with Gasteiger partial charge in [0.2, 0.25) is 11.8 Å². The molecule has 0 aromatic heterocycles. The van der Waals surface area contributed by atoms with Gasteiger partial charge < -0.3 is 10.6 Å². The van der Waals surface area contributed by atoms with E-state index >= 15 is 0 Å². The van der Waals surface area contributed by atoms with Crippen molar-refractivity contribution in [3.8, 4) is 0 Å². The Balaban J connectivity index is 1.21. The first-order valence-corrected chi connectivity index (χ1v) is 17.1. The summed E-state index contributed by atoms with van der Waals surface area (Å²) in [4.78, 5) is 91.0. The van der Waals surface area contributed by atoms with Crippen molar-refractivity contribution in [3.63, 3.8) is 0 Å². The van der Waals surface area contributed by atoms with Crippen LogP contribution in [0.25, 0.3) is 0 Å². The van der Waals surface area contributed by atoms with E-state index in [0.29, 0.717) is 22.6 Å². The number of rotatable bonds is 16. The van der Waals surface area contributed by atoms with E-state index in [-0.39, 0.29) is 34.0 Å². The first-order chi connectivity index (χ1) is 27.0. The average Bonchev–Trinajstić information content (AvgIpc) is 3.19. The number of nitro groups is 4. The molecule has 0 fully saturated rings. The average molecular weight is 801 g/mol. The van der Waals surface area contributed by atoms with Crippen LogP contribution in [0.1, 0.15) is 45.7 Å². The largest absolute Gasteiger partial charge is 0.322 e. The van der Waals surface area contributed by atoms with Gasteiger partial charge in [-0.05, 0) is 49.2 Å². The molecule has 4 aromatic rings. The van der Waals surface area contributed by atoms with Gasteiger partial charge >= 0.3 is 0 Å². The zero-order valence-corrected chi connectivity index (χ0v) is 30.3. The molecule has 4 aromatic carbocycles. The summed E-state index contributed by atoms with van der Waals surface area (Å²) in [5, 5.41) is 57.5. The van der Waals surface area contributed by atoms with Gasteiger partial charge in [0, 0.05) is 35.6 Å². The second kappa shape index (κ2) is 18.9. The smallest absolute Gasteiger partial charge is 0.277 e. The van der Waals surface area contributed by atoms with Crippen molar-refractivity contribution in [1.82, 2.24) is 10.9 Å². The number of thioether (sulfide) groups is 1. The lowest BCUT2D eigenvalue weighted by atomic mass is 10.1. The number of carbonyl (C=O) groups excluding carboxylic acids is 4. The van der Waals surface area contributed by atoms with E-state index < -0.39 is 66.1 Å². The number of carbonyl (C=O) groups is 4. The van der Waals surface area contributed by atoms with Gasteiger partial charge in [0.15, 0.2) is 0 Å². The van der Waals surface area contributed by atoms with Crippen LogP contribution in [0, 0.1) is 40.5 Å². The van der Waals surface area contributed by atoms with E-state index in [1.165, 1.54) is 24.3 Å². The molecule has 22 nitrogen and oxygen atoms in total. The molecule has 0 saturated heterocycles. The van der Waals surface area contributed by atoms with Crippen molar-refractivity contribution >= 4 is 80.9 Å². The fourth-order valence-electron chi connectivity index (χ4n) is 4.59. The molecule has 0 radical (unpaired) electrons. The maximum Gasteiger partial charge on any atom is 0.277 e. The van der Waals surface area contributed by atoms with Gasteiger partial charge in [-0.25, -0.2) is 10.9 Å². The van der Waals surface area contributed by atoms with Crippen LogP contribution in [-0.2, 0) is 9.59 Å². The Labute approximate surface area is 324 Å². The highest BCUT2D eigenvalue weighted by Gasteiger charge is 2.21. The molecule has 0 atom stereocenters. The van der Waals surface area contributed by atoms with Crippen molar-refractivity contribution in [2.45, 2.75) is 13.8 Å². The molecular weight excluding hydrogens is 772 g/mol. The van der Waals surface area contributed by atoms with Crippen LogP contribution >= 0.6 is 11.8 Å². The van der Waals surface area contributed by atoms with E-state index in [1.54, 1.807) is 38.1 Å². The second-order valence-corrected chi connectivity index (χ2v) is 12.5. The highest BCUT2D eigenvalue weighted by molar-refractivity contribution is 8.00. The number of nitrogens with zero attached hydrogens (tertiary/aromatic N) is 6. The fraction of sp³-hybridized carbons (Fsp3) is 0.118. The molecule has 4 N–H and O–H groups in total. The summed E-state index contributed by atoms with van der Waals surface area (Å²) in [6, 6.07) is 17.4. The lowest BCUT2D eigenvalue weighted by Crippen LogP contribution is -2.24. The summed E-state index contributed by atoms with van der Waals surface area (Å²) >= 11 is 0.993. The molecular formula is C34H28N10O12S. The molecule has 0 aliphatic carbocycles. The Morgan fingerprint density at radius 2 is 0.807 bits per heavy atom.